The Morgan fingerprint density at radius 2 is 2.18 bits per heavy atom. The Morgan fingerprint density at radius 3 is 3.00 bits per heavy atom. The Kier molecular flexibility index (Phi) is 2.45. The first-order valence-corrected chi connectivity index (χ1v) is 5.31. The molecule has 1 fully saturated rings. The highest BCUT2D eigenvalue weighted by molar-refractivity contribution is 5.80. The van der Waals surface area contributed by atoms with Crippen molar-refractivity contribution in [2.24, 2.45) is 0 Å². The number of nitrogen functional groups attached to an aromatic ring is 1. The van der Waals surface area contributed by atoms with Gasteiger partial charge in [0.1, 0.15) is 6.10 Å². The van der Waals surface area contributed by atoms with Crippen molar-refractivity contribution >= 4 is 17.0 Å². The SMILES string of the molecule is Nc1nc(O[C@H]2CCOC2)nc2nccnc12. The Morgan fingerprint density at radius 1 is 1.29 bits per heavy atom. The van der Waals surface area contributed by atoms with Crippen LogP contribution in [0, 0.1) is 0 Å². The van der Waals surface area contributed by atoms with E-state index in [1.807, 2.05) is 0 Å². The van der Waals surface area contributed by atoms with Crippen molar-refractivity contribution in [3.8, 4) is 6.01 Å². The molecule has 1 aliphatic rings. The van der Waals surface area contributed by atoms with Crippen LogP contribution in [-0.4, -0.2) is 39.3 Å². The monoisotopic (exact) mass is 233 g/mol. The zero-order valence-electron chi connectivity index (χ0n) is 9.04. The molecule has 0 saturated carbocycles. The highest BCUT2D eigenvalue weighted by Gasteiger charge is 2.19. The predicted molar refractivity (Wildman–Crippen MR) is 59.4 cm³/mol. The molecular weight excluding hydrogens is 222 g/mol. The van der Waals surface area contributed by atoms with Gasteiger partial charge in [0.15, 0.2) is 17.0 Å². The minimum Gasteiger partial charge on any atom is -0.457 e. The van der Waals surface area contributed by atoms with E-state index < -0.39 is 0 Å². The number of anilines is 1. The van der Waals surface area contributed by atoms with Crippen LogP contribution in [0.4, 0.5) is 5.82 Å². The van der Waals surface area contributed by atoms with E-state index in [4.69, 9.17) is 15.2 Å². The van der Waals surface area contributed by atoms with Gasteiger partial charge in [0.05, 0.1) is 13.2 Å². The third-order valence-corrected chi connectivity index (χ3v) is 2.50. The fraction of sp³-hybridized carbons (Fsp3) is 0.400. The van der Waals surface area contributed by atoms with E-state index in [1.54, 1.807) is 12.4 Å². The first kappa shape index (κ1) is 10.2. The highest BCUT2D eigenvalue weighted by atomic mass is 16.6. The van der Waals surface area contributed by atoms with Crippen molar-refractivity contribution < 1.29 is 9.47 Å². The van der Waals surface area contributed by atoms with Gasteiger partial charge in [-0.15, -0.1) is 0 Å². The molecule has 2 N–H and O–H groups in total. The van der Waals surface area contributed by atoms with Crippen LogP contribution in [0.3, 0.4) is 0 Å². The van der Waals surface area contributed by atoms with Crippen LogP contribution in [0.1, 0.15) is 6.42 Å². The summed E-state index contributed by atoms with van der Waals surface area (Å²) in [7, 11) is 0. The summed E-state index contributed by atoms with van der Waals surface area (Å²) in [6.45, 7) is 1.26. The second-order valence-electron chi connectivity index (χ2n) is 3.72. The first-order chi connectivity index (χ1) is 8.33. The summed E-state index contributed by atoms with van der Waals surface area (Å²) in [5.41, 5.74) is 6.69. The van der Waals surface area contributed by atoms with Gasteiger partial charge < -0.3 is 15.2 Å². The van der Waals surface area contributed by atoms with Crippen LogP contribution in [-0.2, 0) is 4.74 Å². The van der Waals surface area contributed by atoms with Gasteiger partial charge in [0.25, 0.3) is 0 Å². The summed E-state index contributed by atoms with van der Waals surface area (Å²) in [5, 5.41) is 0. The third kappa shape index (κ3) is 1.96. The molecule has 0 amide bonds. The van der Waals surface area contributed by atoms with E-state index in [0.29, 0.717) is 24.4 Å². The van der Waals surface area contributed by atoms with Gasteiger partial charge >= 0.3 is 6.01 Å². The van der Waals surface area contributed by atoms with Crippen molar-refractivity contribution in [3.05, 3.63) is 12.4 Å². The number of hydrogen-bond acceptors (Lipinski definition) is 7. The van der Waals surface area contributed by atoms with Gasteiger partial charge in [-0.3, -0.25) is 0 Å². The van der Waals surface area contributed by atoms with Gasteiger partial charge in [-0.1, -0.05) is 0 Å². The molecule has 2 aromatic heterocycles. The molecule has 3 rings (SSSR count). The molecule has 0 spiro atoms. The third-order valence-electron chi connectivity index (χ3n) is 2.50. The lowest BCUT2D eigenvalue weighted by Gasteiger charge is -2.10. The van der Waals surface area contributed by atoms with E-state index in [9.17, 15) is 0 Å². The Hall–Kier alpha value is -2.02. The molecule has 3 heterocycles. The van der Waals surface area contributed by atoms with Gasteiger partial charge in [-0.2, -0.15) is 9.97 Å². The average Bonchev–Trinajstić information content (AvgIpc) is 2.82. The molecule has 1 atom stereocenters. The van der Waals surface area contributed by atoms with Crippen LogP contribution in [0.2, 0.25) is 0 Å². The molecule has 0 radical (unpaired) electrons. The fourth-order valence-corrected chi connectivity index (χ4v) is 1.67. The van der Waals surface area contributed by atoms with Gasteiger partial charge in [0.2, 0.25) is 0 Å². The lowest BCUT2D eigenvalue weighted by Crippen LogP contribution is -2.17. The van der Waals surface area contributed by atoms with Crippen molar-refractivity contribution in [2.45, 2.75) is 12.5 Å². The van der Waals surface area contributed by atoms with E-state index >= 15 is 0 Å². The van der Waals surface area contributed by atoms with E-state index in [0.717, 1.165) is 6.42 Å². The molecule has 7 nitrogen and oxygen atoms in total. The fourth-order valence-electron chi connectivity index (χ4n) is 1.67. The zero-order valence-corrected chi connectivity index (χ0v) is 9.04. The average molecular weight is 233 g/mol. The van der Waals surface area contributed by atoms with E-state index in [2.05, 4.69) is 19.9 Å². The highest BCUT2D eigenvalue weighted by Crippen LogP contribution is 2.18. The number of aromatic nitrogens is 4. The quantitative estimate of drug-likeness (QED) is 0.789. The topological polar surface area (TPSA) is 96.0 Å². The van der Waals surface area contributed by atoms with Crippen LogP contribution < -0.4 is 10.5 Å². The van der Waals surface area contributed by atoms with Gasteiger partial charge in [0, 0.05) is 18.8 Å². The maximum atomic E-state index is 5.77. The van der Waals surface area contributed by atoms with Gasteiger partial charge in [-0.25, -0.2) is 9.97 Å². The molecule has 2 aromatic rings. The minimum absolute atomic E-state index is 0.0106. The van der Waals surface area contributed by atoms with Crippen molar-refractivity contribution in [2.75, 3.05) is 18.9 Å². The maximum absolute atomic E-state index is 5.77. The Balaban J connectivity index is 1.94. The molecule has 0 aliphatic carbocycles. The molecule has 0 bridgehead atoms. The largest absolute Gasteiger partial charge is 0.457 e. The molecule has 7 heteroatoms. The number of fused-ring (bicyclic) bond motifs is 1. The van der Waals surface area contributed by atoms with Crippen LogP contribution >= 0.6 is 0 Å². The summed E-state index contributed by atoms with van der Waals surface area (Å²) in [4.78, 5) is 16.3. The summed E-state index contributed by atoms with van der Waals surface area (Å²) >= 11 is 0. The summed E-state index contributed by atoms with van der Waals surface area (Å²) in [6.07, 6.45) is 3.93. The summed E-state index contributed by atoms with van der Waals surface area (Å²) in [5.74, 6) is 0.275. The van der Waals surface area contributed by atoms with Crippen LogP contribution in [0.5, 0.6) is 6.01 Å². The zero-order chi connectivity index (χ0) is 11.7. The lowest BCUT2D eigenvalue weighted by molar-refractivity contribution is 0.134. The Bertz CT molecular complexity index is 541. The second kappa shape index (κ2) is 4.10. The Labute approximate surface area is 97.0 Å². The second-order valence-corrected chi connectivity index (χ2v) is 3.72. The van der Waals surface area contributed by atoms with Crippen molar-refractivity contribution in [1.29, 1.82) is 0 Å². The smallest absolute Gasteiger partial charge is 0.320 e. The number of ether oxygens (including phenoxy) is 2. The normalized spacial score (nSPS) is 19.6. The molecule has 1 saturated heterocycles. The summed E-state index contributed by atoms with van der Waals surface area (Å²) < 4.78 is 10.8. The molecule has 1 aliphatic heterocycles. The molecule has 17 heavy (non-hydrogen) atoms. The molecular formula is C10H11N5O2. The van der Waals surface area contributed by atoms with Crippen molar-refractivity contribution in [1.82, 2.24) is 19.9 Å². The minimum atomic E-state index is -0.0106. The van der Waals surface area contributed by atoms with Crippen molar-refractivity contribution in [3.63, 3.8) is 0 Å². The molecule has 0 unspecified atom stereocenters. The number of nitrogens with two attached hydrogens (primary N) is 1. The lowest BCUT2D eigenvalue weighted by atomic mass is 10.3. The number of hydrogen-bond donors (Lipinski definition) is 1. The van der Waals surface area contributed by atoms with Gasteiger partial charge in [-0.05, 0) is 0 Å². The van der Waals surface area contributed by atoms with E-state index in [1.165, 1.54) is 0 Å². The number of rotatable bonds is 2. The molecule has 88 valence electrons. The predicted octanol–water partition coefficient (Wildman–Crippen LogP) is 0.170. The number of nitrogens with zero attached hydrogens (tertiary/aromatic N) is 4. The molecule has 0 aromatic carbocycles. The first-order valence-electron chi connectivity index (χ1n) is 5.31. The van der Waals surface area contributed by atoms with Crippen LogP contribution in [0.15, 0.2) is 12.4 Å². The summed E-state index contributed by atoms with van der Waals surface area (Å²) in [6, 6.07) is 0.228. The van der Waals surface area contributed by atoms with Crippen LogP contribution in [0.25, 0.3) is 11.2 Å². The van der Waals surface area contributed by atoms with E-state index in [-0.39, 0.29) is 17.9 Å². The maximum Gasteiger partial charge on any atom is 0.320 e. The standard InChI is InChI=1S/C10H11N5O2/c11-8-7-9(13-3-2-12-7)15-10(14-8)17-6-1-4-16-5-6/h2-3,6H,1,4-5H2,(H2,11,13,14,15)/t6-/m0/s1.